The first-order valence-corrected chi connectivity index (χ1v) is 8.50. The number of likely N-dealkylation sites (N-methyl/N-ethyl adjacent to an activating group) is 1. The summed E-state index contributed by atoms with van der Waals surface area (Å²) in [4.78, 5) is 26.2. The van der Waals surface area contributed by atoms with Crippen molar-refractivity contribution in [2.75, 3.05) is 27.8 Å². The van der Waals surface area contributed by atoms with E-state index in [1.807, 2.05) is 12.1 Å². The zero-order valence-electron chi connectivity index (χ0n) is 14.9. The highest BCUT2D eigenvalue weighted by molar-refractivity contribution is 5.94. The molecule has 0 amide bonds. The van der Waals surface area contributed by atoms with Crippen molar-refractivity contribution >= 4 is 22.8 Å². The summed E-state index contributed by atoms with van der Waals surface area (Å²) in [5.74, 6) is -1.98. The molecule has 6 heteroatoms. The van der Waals surface area contributed by atoms with Crippen LogP contribution in [-0.2, 0) is 38.6 Å². The van der Waals surface area contributed by atoms with Crippen LogP contribution in [0.1, 0.15) is 17.7 Å². The van der Waals surface area contributed by atoms with Gasteiger partial charge in [0.1, 0.15) is 0 Å². The summed E-state index contributed by atoms with van der Waals surface area (Å²) >= 11 is 0. The van der Waals surface area contributed by atoms with Crippen LogP contribution >= 0.6 is 0 Å². The quantitative estimate of drug-likeness (QED) is 0.613. The van der Waals surface area contributed by atoms with E-state index in [9.17, 15) is 9.59 Å². The van der Waals surface area contributed by atoms with Crippen LogP contribution < -0.4 is 0 Å². The Hall–Kier alpha value is -2.34. The van der Waals surface area contributed by atoms with Gasteiger partial charge < -0.3 is 18.9 Å². The summed E-state index contributed by atoms with van der Waals surface area (Å²) < 4.78 is 11.8. The lowest BCUT2D eigenvalue weighted by Crippen LogP contribution is -2.29. The molecular weight excluding hydrogens is 320 g/mol. The smallest absolute Gasteiger partial charge is 0.320 e. The number of para-hydroxylation sites is 1. The standard InChI is InChI=1S/C19H24N2O4/c1-20-10-9-17-15(12-20)13-6-4-5-7-16(13)21(17)11-8-14(18(22)24-2)19(23)25-3/h4-7,14H,8-12H2,1-3H3. The molecule has 1 aromatic heterocycles. The number of esters is 2. The van der Waals surface area contributed by atoms with E-state index in [1.54, 1.807) is 0 Å². The number of hydrogen-bond donors (Lipinski definition) is 0. The fourth-order valence-corrected chi connectivity index (χ4v) is 3.67. The Balaban J connectivity index is 1.93. The number of carbonyl (C=O) groups excluding carboxylic acids is 2. The molecule has 0 fully saturated rings. The van der Waals surface area contributed by atoms with Crippen molar-refractivity contribution in [2.24, 2.45) is 5.92 Å². The summed E-state index contributed by atoms with van der Waals surface area (Å²) in [5.41, 5.74) is 3.79. The summed E-state index contributed by atoms with van der Waals surface area (Å²) in [7, 11) is 4.71. The van der Waals surface area contributed by atoms with Gasteiger partial charge in [0, 0.05) is 42.7 Å². The number of fused-ring (bicyclic) bond motifs is 3. The molecule has 3 rings (SSSR count). The summed E-state index contributed by atoms with van der Waals surface area (Å²) in [6, 6.07) is 8.31. The van der Waals surface area contributed by atoms with Crippen LogP contribution in [-0.4, -0.2) is 49.2 Å². The SMILES string of the molecule is COC(=O)C(CCn1c2c(c3ccccc31)CN(C)CC2)C(=O)OC. The fourth-order valence-electron chi connectivity index (χ4n) is 3.67. The van der Waals surface area contributed by atoms with Gasteiger partial charge in [0.15, 0.2) is 5.92 Å². The molecule has 134 valence electrons. The van der Waals surface area contributed by atoms with Gasteiger partial charge >= 0.3 is 11.9 Å². The van der Waals surface area contributed by atoms with Crippen LogP contribution in [0, 0.1) is 5.92 Å². The summed E-state index contributed by atoms with van der Waals surface area (Å²) in [6.45, 7) is 2.50. The Bertz CT molecular complexity index is 780. The van der Waals surface area contributed by atoms with Crippen LogP contribution in [0.5, 0.6) is 0 Å². The topological polar surface area (TPSA) is 60.8 Å². The average Bonchev–Trinajstić information content (AvgIpc) is 2.94. The van der Waals surface area contributed by atoms with E-state index < -0.39 is 17.9 Å². The predicted molar refractivity (Wildman–Crippen MR) is 94.1 cm³/mol. The van der Waals surface area contributed by atoms with Gasteiger partial charge in [0.25, 0.3) is 0 Å². The second kappa shape index (κ2) is 7.27. The highest BCUT2D eigenvalue weighted by atomic mass is 16.5. The van der Waals surface area contributed by atoms with E-state index >= 15 is 0 Å². The molecule has 2 aromatic rings. The molecule has 1 aromatic carbocycles. The minimum Gasteiger partial charge on any atom is -0.468 e. The van der Waals surface area contributed by atoms with Gasteiger partial charge in [-0.3, -0.25) is 9.59 Å². The molecule has 0 atom stereocenters. The van der Waals surface area contributed by atoms with E-state index in [-0.39, 0.29) is 0 Å². The van der Waals surface area contributed by atoms with Gasteiger partial charge in [-0.15, -0.1) is 0 Å². The van der Waals surface area contributed by atoms with E-state index in [0.717, 1.165) is 25.0 Å². The number of nitrogens with zero attached hydrogens (tertiary/aromatic N) is 2. The van der Waals surface area contributed by atoms with Crippen LogP contribution in [0.15, 0.2) is 24.3 Å². The lowest BCUT2D eigenvalue weighted by Gasteiger charge is -2.24. The number of aromatic nitrogens is 1. The minimum atomic E-state index is -0.891. The number of benzene rings is 1. The zero-order chi connectivity index (χ0) is 18.0. The first kappa shape index (κ1) is 17.5. The van der Waals surface area contributed by atoms with Gasteiger partial charge in [-0.1, -0.05) is 18.2 Å². The van der Waals surface area contributed by atoms with Gasteiger partial charge in [-0.25, -0.2) is 0 Å². The van der Waals surface area contributed by atoms with Crippen LogP contribution in [0.25, 0.3) is 10.9 Å². The molecular formula is C19H24N2O4. The first-order chi connectivity index (χ1) is 12.1. The third-order valence-electron chi connectivity index (χ3n) is 4.97. The monoisotopic (exact) mass is 344 g/mol. The van der Waals surface area contributed by atoms with Crippen molar-refractivity contribution in [3.8, 4) is 0 Å². The highest BCUT2D eigenvalue weighted by Crippen LogP contribution is 2.31. The maximum absolute atomic E-state index is 11.9. The number of aryl methyl sites for hydroxylation is 1. The molecule has 0 bridgehead atoms. The van der Waals surface area contributed by atoms with Crippen molar-refractivity contribution in [3.05, 3.63) is 35.5 Å². The van der Waals surface area contributed by atoms with Crippen LogP contribution in [0.4, 0.5) is 0 Å². The third kappa shape index (κ3) is 3.26. The van der Waals surface area contributed by atoms with Crippen molar-refractivity contribution in [1.82, 2.24) is 9.47 Å². The second-order valence-corrected chi connectivity index (χ2v) is 6.47. The summed E-state index contributed by atoms with van der Waals surface area (Å²) in [5, 5.41) is 1.25. The van der Waals surface area contributed by atoms with Crippen molar-refractivity contribution in [3.63, 3.8) is 0 Å². The van der Waals surface area contributed by atoms with Gasteiger partial charge in [0.2, 0.25) is 0 Å². The van der Waals surface area contributed by atoms with Gasteiger partial charge in [-0.05, 0) is 25.1 Å². The molecule has 0 aliphatic carbocycles. The Kier molecular flexibility index (Phi) is 5.08. The molecule has 1 aliphatic heterocycles. The molecule has 0 spiro atoms. The minimum absolute atomic E-state index is 0.361. The molecule has 0 radical (unpaired) electrons. The third-order valence-corrected chi connectivity index (χ3v) is 4.97. The summed E-state index contributed by atoms with van der Waals surface area (Å²) in [6.07, 6.45) is 1.32. The van der Waals surface area contributed by atoms with Crippen molar-refractivity contribution < 1.29 is 19.1 Å². The molecule has 1 aliphatic rings. The Morgan fingerprint density at radius 3 is 2.52 bits per heavy atom. The Morgan fingerprint density at radius 2 is 1.84 bits per heavy atom. The number of rotatable bonds is 5. The second-order valence-electron chi connectivity index (χ2n) is 6.47. The van der Waals surface area contributed by atoms with E-state index in [0.29, 0.717) is 13.0 Å². The van der Waals surface area contributed by atoms with E-state index in [1.165, 1.54) is 30.9 Å². The van der Waals surface area contributed by atoms with Gasteiger partial charge in [-0.2, -0.15) is 0 Å². The first-order valence-electron chi connectivity index (χ1n) is 8.50. The molecule has 0 unspecified atom stereocenters. The van der Waals surface area contributed by atoms with Crippen LogP contribution in [0.3, 0.4) is 0 Å². The Labute approximate surface area is 147 Å². The lowest BCUT2D eigenvalue weighted by molar-refractivity contribution is -0.159. The van der Waals surface area contributed by atoms with Crippen molar-refractivity contribution in [2.45, 2.75) is 25.9 Å². The van der Waals surface area contributed by atoms with Crippen molar-refractivity contribution in [1.29, 1.82) is 0 Å². The largest absolute Gasteiger partial charge is 0.468 e. The maximum Gasteiger partial charge on any atom is 0.320 e. The molecule has 0 saturated heterocycles. The fraction of sp³-hybridized carbons (Fsp3) is 0.474. The molecule has 2 heterocycles. The van der Waals surface area contributed by atoms with Gasteiger partial charge in [0.05, 0.1) is 14.2 Å². The maximum atomic E-state index is 11.9. The molecule has 25 heavy (non-hydrogen) atoms. The number of methoxy groups -OCH3 is 2. The highest BCUT2D eigenvalue weighted by Gasteiger charge is 2.29. The van der Waals surface area contributed by atoms with E-state index in [2.05, 4.69) is 28.6 Å². The molecule has 0 N–H and O–H groups in total. The molecule has 0 saturated carbocycles. The Morgan fingerprint density at radius 1 is 1.16 bits per heavy atom. The van der Waals surface area contributed by atoms with Crippen LogP contribution in [0.2, 0.25) is 0 Å². The van der Waals surface area contributed by atoms with E-state index in [4.69, 9.17) is 9.47 Å². The number of hydrogen-bond acceptors (Lipinski definition) is 5. The lowest BCUT2D eigenvalue weighted by atomic mass is 10.0. The predicted octanol–water partition coefficient (Wildman–Crippen LogP) is 1.98. The number of carbonyl (C=O) groups is 2. The normalized spacial score (nSPS) is 14.6. The molecule has 6 nitrogen and oxygen atoms in total. The zero-order valence-corrected chi connectivity index (χ0v) is 14.9. The number of ether oxygens (including phenoxy) is 2. The average molecular weight is 344 g/mol.